The van der Waals surface area contributed by atoms with Crippen molar-refractivity contribution < 1.29 is 13.9 Å². The monoisotopic (exact) mass is 373 g/mol. The van der Waals surface area contributed by atoms with E-state index in [4.69, 9.17) is 9.15 Å². The molecular weight excluding hydrogens is 354 g/mol. The van der Waals surface area contributed by atoms with Gasteiger partial charge in [-0.2, -0.15) is 5.10 Å². The van der Waals surface area contributed by atoms with E-state index in [1.807, 2.05) is 71.5 Å². The number of amides is 1. The second kappa shape index (κ2) is 8.26. The van der Waals surface area contributed by atoms with Crippen molar-refractivity contribution in [2.45, 2.75) is 13.2 Å². The van der Waals surface area contributed by atoms with E-state index in [-0.39, 0.29) is 18.3 Å². The molecule has 0 aliphatic rings. The third-order valence-electron chi connectivity index (χ3n) is 4.18. The van der Waals surface area contributed by atoms with Crippen LogP contribution in [0.3, 0.4) is 0 Å². The van der Waals surface area contributed by atoms with Gasteiger partial charge in [0.05, 0.1) is 12.8 Å². The molecule has 0 spiro atoms. The highest BCUT2D eigenvalue weighted by Crippen LogP contribution is 2.18. The lowest BCUT2D eigenvalue weighted by Crippen LogP contribution is -2.14. The van der Waals surface area contributed by atoms with Crippen molar-refractivity contribution in [1.29, 1.82) is 0 Å². The molecule has 0 aliphatic heterocycles. The predicted octanol–water partition coefficient (Wildman–Crippen LogP) is 4.36. The van der Waals surface area contributed by atoms with Crippen LogP contribution in [0, 0.1) is 0 Å². The molecule has 2 aromatic carbocycles. The molecule has 1 N–H and O–H groups in total. The van der Waals surface area contributed by atoms with Crippen LogP contribution in [0.25, 0.3) is 0 Å². The number of nitrogens with zero attached hydrogens (tertiary/aromatic N) is 2. The van der Waals surface area contributed by atoms with Crippen molar-refractivity contribution in [2.75, 3.05) is 5.32 Å². The van der Waals surface area contributed by atoms with Crippen LogP contribution in [-0.2, 0) is 13.2 Å². The van der Waals surface area contributed by atoms with Gasteiger partial charge in [-0.1, -0.05) is 30.3 Å². The van der Waals surface area contributed by atoms with Gasteiger partial charge in [0.25, 0.3) is 5.91 Å². The number of carbonyl (C=O) groups is 1. The average Bonchev–Trinajstić information content (AvgIpc) is 3.39. The Labute approximate surface area is 162 Å². The van der Waals surface area contributed by atoms with Gasteiger partial charge in [0.1, 0.15) is 12.4 Å². The first kappa shape index (κ1) is 17.6. The number of hydrogen-bond acceptors (Lipinski definition) is 4. The largest absolute Gasteiger partial charge is 0.489 e. The molecule has 2 aromatic heterocycles. The Hall–Kier alpha value is -3.80. The fraction of sp³-hybridized carbons (Fsp3) is 0.0909. The average molecular weight is 373 g/mol. The van der Waals surface area contributed by atoms with E-state index in [1.165, 1.54) is 6.26 Å². The van der Waals surface area contributed by atoms with E-state index >= 15 is 0 Å². The number of anilines is 1. The van der Waals surface area contributed by atoms with Crippen LogP contribution in [0.4, 0.5) is 5.69 Å². The maximum absolute atomic E-state index is 12.7. The molecule has 0 aliphatic carbocycles. The van der Waals surface area contributed by atoms with E-state index in [1.54, 1.807) is 12.3 Å². The lowest BCUT2D eigenvalue weighted by Gasteiger charge is -2.09. The SMILES string of the molecule is O=C(Nc1cccc(Cn2cccn2)c1)c1occc1COc1ccccc1. The summed E-state index contributed by atoms with van der Waals surface area (Å²) in [5.74, 6) is 0.669. The number of nitrogens with one attached hydrogen (secondary N) is 1. The third kappa shape index (κ3) is 4.29. The molecule has 0 saturated carbocycles. The highest BCUT2D eigenvalue weighted by atomic mass is 16.5. The maximum atomic E-state index is 12.7. The normalized spacial score (nSPS) is 10.6. The smallest absolute Gasteiger partial charge is 0.291 e. The summed E-state index contributed by atoms with van der Waals surface area (Å²) in [4.78, 5) is 12.7. The number of aromatic nitrogens is 2. The number of para-hydroxylation sites is 1. The molecule has 6 heteroatoms. The number of benzene rings is 2. The number of hydrogen-bond donors (Lipinski definition) is 1. The number of rotatable bonds is 7. The topological polar surface area (TPSA) is 69.3 Å². The summed E-state index contributed by atoms with van der Waals surface area (Å²) in [6.45, 7) is 0.885. The van der Waals surface area contributed by atoms with Crippen LogP contribution in [-0.4, -0.2) is 15.7 Å². The van der Waals surface area contributed by atoms with Crippen molar-refractivity contribution in [3.63, 3.8) is 0 Å². The zero-order valence-electron chi connectivity index (χ0n) is 15.1. The van der Waals surface area contributed by atoms with Crippen molar-refractivity contribution in [3.8, 4) is 5.75 Å². The standard InChI is InChI=1S/C22H19N3O3/c26-22(21-18(10-13-27-21)16-28-20-8-2-1-3-9-20)24-19-7-4-6-17(14-19)15-25-12-5-11-23-25/h1-14H,15-16H2,(H,24,26). The van der Waals surface area contributed by atoms with Crippen LogP contribution in [0.1, 0.15) is 21.7 Å². The summed E-state index contributed by atoms with van der Waals surface area (Å²) >= 11 is 0. The summed E-state index contributed by atoms with van der Waals surface area (Å²) in [6, 6.07) is 20.7. The summed E-state index contributed by atoms with van der Waals surface area (Å²) in [7, 11) is 0. The lowest BCUT2D eigenvalue weighted by molar-refractivity contribution is 0.0993. The Morgan fingerprint density at radius 3 is 2.79 bits per heavy atom. The second-order valence-corrected chi connectivity index (χ2v) is 6.23. The highest BCUT2D eigenvalue weighted by molar-refractivity contribution is 6.03. The van der Waals surface area contributed by atoms with Crippen LogP contribution in [0.2, 0.25) is 0 Å². The minimum Gasteiger partial charge on any atom is -0.489 e. The number of carbonyl (C=O) groups excluding carboxylic acids is 1. The predicted molar refractivity (Wildman–Crippen MR) is 105 cm³/mol. The molecule has 0 atom stereocenters. The van der Waals surface area contributed by atoms with E-state index in [0.717, 1.165) is 11.3 Å². The van der Waals surface area contributed by atoms with E-state index < -0.39 is 0 Å². The zero-order chi connectivity index (χ0) is 19.2. The van der Waals surface area contributed by atoms with Gasteiger partial charge in [-0.15, -0.1) is 0 Å². The van der Waals surface area contributed by atoms with Crippen LogP contribution >= 0.6 is 0 Å². The van der Waals surface area contributed by atoms with E-state index in [9.17, 15) is 4.79 Å². The van der Waals surface area contributed by atoms with Crippen LogP contribution in [0.15, 0.2) is 89.8 Å². The van der Waals surface area contributed by atoms with Crippen LogP contribution in [0.5, 0.6) is 5.75 Å². The quantitative estimate of drug-likeness (QED) is 0.523. The van der Waals surface area contributed by atoms with Gasteiger partial charge in [0, 0.05) is 23.6 Å². The van der Waals surface area contributed by atoms with Gasteiger partial charge < -0.3 is 14.5 Å². The van der Waals surface area contributed by atoms with E-state index in [0.29, 0.717) is 17.8 Å². The molecule has 4 aromatic rings. The third-order valence-corrected chi connectivity index (χ3v) is 4.18. The van der Waals surface area contributed by atoms with Crippen molar-refractivity contribution in [2.24, 2.45) is 0 Å². The Kier molecular flexibility index (Phi) is 5.20. The van der Waals surface area contributed by atoms with Gasteiger partial charge in [-0.25, -0.2) is 0 Å². The molecule has 1 amide bonds. The molecule has 0 unspecified atom stereocenters. The van der Waals surface area contributed by atoms with Gasteiger partial charge in [0.2, 0.25) is 0 Å². The Balaban J connectivity index is 1.42. The van der Waals surface area contributed by atoms with Crippen molar-refractivity contribution in [1.82, 2.24) is 9.78 Å². The second-order valence-electron chi connectivity index (χ2n) is 6.23. The Morgan fingerprint density at radius 2 is 1.96 bits per heavy atom. The lowest BCUT2D eigenvalue weighted by atomic mass is 10.2. The van der Waals surface area contributed by atoms with Gasteiger partial charge in [-0.05, 0) is 42.0 Å². The Bertz CT molecular complexity index is 1040. The summed E-state index contributed by atoms with van der Waals surface area (Å²) < 4.78 is 12.9. The molecule has 6 nitrogen and oxygen atoms in total. The fourth-order valence-electron chi connectivity index (χ4n) is 2.84. The minimum absolute atomic E-state index is 0.244. The maximum Gasteiger partial charge on any atom is 0.291 e. The summed E-state index contributed by atoms with van der Waals surface area (Å²) in [5, 5.41) is 7.09. The first-order chi connectivity index (χ1) is 13.8. The molecule has 0 radical (unpaired) electrons. The number of ether oxygens (including phenoxy) is 1. The zero-order valence-corrected chi connectivity index (χ0v) is 15.1. The van der Waals surface area contributed by atoms with Gasteiger partial charge in [0.15, 0.2) is 5.76 Å². The molecule has 28 heavy (non-hydrogen) atoms. The first-order valence-corrected chi connectivity index (χ1v) is 8.90. The molecule has 140 valence electrons. The molecule has 0 bridgehead atoms. The highest BCUT2D eigenvalue weighted by Gasteiger charge is 2.16. The fourth-order valence-corrected chi connectivity index (χ4v) is 2.84. The van der Waals surface area contributed by atoms with E-state index in [2.05, 4.69) is 10.4 Å². The minimum atomic E-state index is -0.312. The van der Waals surface area contributed by atoms with Crippen molar-refractivity contribution >= 4 is 11.6 Å². The Morgan fingerprint density at radius 1 is 1.07 bits per heavy atom. The summed E-state index contributed by atoms with van der Waals surface area (Å²) in [5.41, 5.74) is 2.42. The summed E-state index contributed by atoms with van der Waals surface area (Å²) in [6.07, 6.45) is 5.13. The molecule has 2 heterocycles. The van der Waals surface area contributed by atoms with Gasteiger partial charge in [-0.3, -0.25) is 9.48 Å². The first-order valence-electron chi connectivity index (χ1n) is 8.90. The van der Waals surface area contributed by atoms with Gasteiger partial charge >= 0.3 is 0 Å². The molecule has 4 rings (SSSR count). The van der Waals surface area contributed by atoms with Crippen LogP contribution < -0.4 is 10.1 Å². The van der Waals surface area contributed by atoms with Crippen molar-refractivity contribution in [3.05, 3.63) is 102 Å². The molecule has 0 fully saturated rings. The molecular formula is C22H19N3O3. The number of furan rings is 1. The molecule has 0 saturated heterocycles.